The number of fused-ring (bicyclic) bond motifs is 8. The van der Waals surface area contributed by atoms with Gasteiger partial charge in [0.25, 0.3) is 0 Å². The Kier molecular flexibility index (Phi) is 7.47. The molecule has 0 aliphatic rings. The molecule has 0 fully saturated rings. The number of rotatable bonds is 5. The highest BCUT2D eigenvalue weighted by atomic mass is 16.3. The average Bonchev–Trinajstić information content (AvgIpc) is 3.76. The lowest BCUT2D eigenvalue weighted by atomic mass is 9.93. The molecule has 0 spiro atoms. The van der Waals surface area contributed by atoms with E-state index < -0.39 is 0 Å². The minimum atomic E-state index is 0.613. The largest absolute Gasteiger partial charge is 0.435 e. The van der Waals surface area contributed by atoms with E-state index >= 15 is 0 Å². The van der Waals surface area contributed by atoms with E-state index in [0.29, 0.717) is 23.4 Å². The van der Waals surface area contributed by atoms with Gasteiger partial charge in [0.15, 0.2) is 23.1 Å². The lowest BCUT2D eigenvalue weighted by Gasteiger charge is -2.14. The van der Waals surface area contributed by atoms with E-state index in [1.165, 1.54) is 16.2 Å². The zero-order valence-electron chi connectivity index (χ0n) is 31.7. The van der Waals surface area contributed by atoms with Gasteiger partial charge in [0.05, 0.1) is 0 Å². The van der Waals surface area contributed by atoms with Crippen LogP contribution in [-0.4, -0.2) is 19.9 Å². The molecule has 0 aliphatic heterocycles. The third-order valence-electron chi connectivity index (χ3n) is 11.5. The Morgan fingerprint density at radius 1 is 0.305 bits per heavy atom. The standard InChI is InChI=1S/C54H32N4O/c1-2-13-35(14-3-1)54-55-48-29-27-34-17-10-23-46(49(34)50(48)59-54)44-22-11-18-37-31-40(26-28-42(37)44)52-56-51(39-25-24-33-12-4-5-15-36(33)30-39)57-53(58-52)47-32-38-16-6-7-19-41(38)43-20-8-9-21-45(43)47/h1-32H. The number of benzene rings is 10. The molecule has 0 radical (unpaired) electrons. The van der Waals surface area contributed by atoms with Crippen molar-refractivity contribution in [1.82, 2.24) is 19.9 Å². The Morgan fingerprint density at radius 2 is 0.898 bits per heavy atom. The fourth-order valence-electron chi connectivity index (χ4n) is 8.66. The first-order chi connectivity index (χ1) is 29.2. The lowest BCUT2D eigenvalue weighted by molar-refractivity contribution is 0.623. The number of oxazole rings is 1. The van der Waals surface area contributed by atoms with Gasteiger partial charge in [0.1, 0.15) is 5.52 Å². The molecule has 0 saturated heterocycles. The Labute approximate surface area is 338 Å². The highest BCUT2D eigenvalue weighted by Crippen LogP contribution is 2.41. The molecule has 0 unspecified atom stereocenters. The second-order valence-electron chi connectivity index (χ2n) is 15.0. The van der Waals surface area contributed by atoms with Gasteiger partial charge in [-0.3, -0.25) is 0 Å². The molecule has 5 nitrogen and oxygen atoms in total. The number of hydrogen-bond donors (Lipinski definition) is 0. The maximum atomic E-state index is 6.55. The summed E-state index contributed by atoms with van der Waals surface area (Å²) in [6.07, 6.45) is 0. The van der Waals surface area contributed by atoms with Gasteiger partial charge in [-0.25, -0.2) is 19.9 Å². The zero-order chi connectivity index (χ0) is 38.9. The summed E-state index contributed by atoms with van der Waals surface area (Å²) in [5, 5.41) is 11.3. The average molecular weight is 753 g/mol. The van der Waals surface area contributed by atoms with E-state index in [1.807, 2.05) is 36.4 Å². The highest BCUT2D eigenvalue weighted by Gasteiger charge is 2.19. The van der Waals surface area contributed by atoms with E-state index in [-0.39, 0.29) is 0 Å². The van der Waals surface area contributed by atoms with Crippen LogP contribution in [-0.2, 0) is 0 Å². The summed E-state index contributed by atoms with van der Waals surface area (Å²) >= 11 is 0. The molecular formula is C54H32N4O. The summed E-state index contributed by atoms with van der Waals surface area (Å²) in [5.41, 5.74) is 7.58. The molecule has 274 valence electrons. The topological polar surface area (TPSA) is 64.7 Å². The van der Waals surface area contributed by atoms with Crippen molar-refractivity contribution >= 4 is 65.0 Å². The highest BCUT2D eigenvalue weighted by molar-refractivity contribution is 6.15. The van der Waals surface area contributed by atoms with Crippen molar-refractivity contribution in [3.8, 4) is 56.7 Å². The maximum absolute atomic E-state index is 6.55. The van der Waals surface area contributed by atoms with E-state index in [1.54, 1.807) is 0 Å². The SMILES string of the molecule is c1ccc(-c2nc3ccc4cccc(-c5cccc6cc(-c7nc(-c8ccc9ccccc9c8)nc(-c8cc9ccccc9c9ccccc89)n7)ccc56)c4c3o2)cc1. The fourth-order valence-corrected chi connectivity index (χ4v) is 8.66. The van der Waals surface area contributed by atoms with Crippen molar-refractivity contribution in [2.75, 3.05) is 0 Å². The third kappa shape index (κ3) is 5.55. The third-order valence-corrected chi connectivity index (χ3v) is 11.5. The van der Waals surface area contributed by atoms with Crippen LogP contribution in [0.1, 0.15) is 0 Å². The number of nitrogens with zero attached hydrogens (tertiary/aromatic N) is 4. The second-order valence-corrected chi connectivity index (χ2v) is 15.0. The van der Waals surface area contributed by atoms with Crippen LogP contribution in [0, 0.1) is 0 Å². The van der Waals surface area contributed by atoms with Crippen molar-refractivity contribution in [3.05, 3.63) is 194 Å². The fraction of sp³-hybridized carbons (Fsp3) is 0. The van der Waals surface area contributed by atoms with Gasteiger partial charge < -0.3 is 4.42 Å². The first-order valence-corrected chi connectivity index (χ1v) is 19.8. The summed E-state index contributed by atoms with van der Waals surface area (Å²) in [7, 11) is 0. The molecule has 12 aromatic rings. The summed E-state index contributed by atoms with van der Waals surface area (Å²) in [5.74, 6) is 2.49. The Hall–Kier alpha value is -8.02. The van der Waals surface area contributed by atoms with Crippen LogP contribution in [0.15, 0.2) is 199 Å². The molecule has 59 heavy (non-hydrogen) atoms. The first kappa shape index (κ1) is 33.2. The molecule has 0 N–H and O–H groups in total. The molecule has 2 heterocycles. The normalized spacial score (nSPS) is 11.7. The number of hydrogen-bond acceptors (Lipinski definition) is 5. The molecule has 12 rings (SSSR count). The first-order valence-electron chi connectivity index (χ1n) is 19.8. The van der Waals surface area contributed by atoms with Crippen LogP contribution < -0.4 is 0 Å². The molecule has 0 aliphatic carbocycles. The number of aromatic nitrogens is 4. The Bertz CT molecular complexity index is 3630. The van der Waals surface area contributed by atoms with Crippen molar-refractivity contribution in [3.63, 3.8) is 0 Å². The lowest BCUT2D eigenvalue weighted by Crippen LogP contribution is -2.01. The van der Waals surface area contributed by atoms with E-state index in [0.717, 1.165) is 82.2 Å². The molecule has 0 amide bonds. The molecule has 2 aromatic heterocycles. The molecular weight excluding hydrogens is 721 g/mol. The van der Waals surface area contributed by atoms with E-state index in [2.05, 4.69) is 158 Å². The molecule has 5 heteroatoms. The van der Waals surface area contributed by atoms with Gasteiger partial charge in [-0.05, 0) is 96.0 Å². The molecule has 10 aromatic carbocycles. The van der Waals surface area contributed by atoms with Crippen LogP contribution >= 0.6 is 0 Å². The van der Waals surface area contributed by atoms with Crippen LogP contribution in [0.5, 0.6) is 0 Å². The quantitative estimate of drug-likeness (QED) is 0.164. The van der Waals surface area contributed by atoms with Gasteiger partial charge in [-0.15, -0.1) is 0 Å². The van der Waals surface area contributed by atoms with Crippen LogP contribution in [0.3, 0.4) is 0 Å². The minimum absolute atomic E-state index is 0.613. The smallest absolute Gasteiger partial charge is 0.227 e. The molecule has 0 saturated carbocycles. The monoisotopic (exact) mass is 752 g/mol. The summed E-state index contributed by atoms with van der Waals surface area (Å²) in [6, 6.07) is 67.7. The van der Waals surface area contributed by atoms with E-state index in [4.69, 9.17) is 24.4 Å². The summed E-state index contributed by atoms with van der Waals surface area (Å²) in [6.45, 7) is 0. The van der Waals surface area contributed by atoms with Crippen LogP contribution in [0.25, 0.3) is 122 Å². The van der Waals surface area contributed by atoms with Crippen molar-refractivity contribution in [2.24, 2.45) is 0 Å². The predicted octanol–water partition coefficient (Wildman–Crippen LogP) is 14.1. The Morgan fingerprint density at radius 3 is 1.73 bits per heavy atom. The van der Waals surface area contributed by atoms with Gasteiger partial charge >= 0.3 is 0 Å². The minimum Gasteiger partial charge on any atom is -0.435 e. The van der Waals surface area contributed by atoms with Crippen LogP contribution in [0.2, 0.25) is 0 Å². The van der Waals surface area contributed by atoms with Crippen molar-refractivity contribution in [1.29, 1.82) is 0 Å². The van der Waals surface area contributed by atoms with Gasteiger partial charge in [-0.2, -0.15) is 0 Å². The summed E-state index contributed by atoms with van der Waals surface area (Å²) < 4.78 is 6.55. The van der Waals surface area contributed by atoms with Gasteiger partial charge in [0.2, 0.25) is 5.89 Å². The maximum Gasteiger partial charge on any atom is 0.227 e. The summed E-state index contributed by atoms with van der Waals surface area (Å²) in [4.78, 5) is 20.6. The van der Waals surface area contributed by atoms with Crippen molar-refractivity contribution < 1.29 is 4.42 Å². The molecule has 0 atom stereocenters. The van der Waals surface area contributed by atoms with Crippen molar-refractivity contribution in [2.45, 2.75) is 0 Å². The molecule has 0 bridgehead atoms. The second kappa shape index (κ2) is 13.3. The Balaban J connectivity index is 1.04. The van der Waals surface area contributed by atoms with Gasteiger partial charge in [0, 0.05) is 27.6 Å². The zero-order valence-corrected chi connectivity index (χ0v) is 31.7. The van der Waals surface area contributed by atoms with E-state index in [9.17, 15) is 0 Å². The predicted molar refractivity (Wildman–Crippen MR) is 242 cm³/mol. The van der Waals surface area contributed by atoms with Crippen LogP contribution in [0.4, 0.5) is 0 Å². The van der Waals surface area contributed by atoms with Gasteiger partial charge in [-0.1, -0.05) is 158 Å².